The molecule has 0 aromatic rings. The molecule has 0 aromatic carbocycles. The summed E-state index contributed by atoms with van der Waals surface area (Å²) in [6.07, 6.45) is 1.18. The molecular weight excluding hydrogens is 152 g/mol. The van der Waals surface area contributed by atoms with Gasteiger partial charge in [-0.05, 0) is 20.3 Å². The van der Waals surface area contributed by atoms with Crippen LogP contribution >= 0.6 is 0 Å². The van der Waals surface area contributed by atoms with Gasteiger partial charge in [0.25, 0.3) is 0 Å². The highest BCUT2D eigenvalue weighted by Crippen LogP contribution is 2.35. The minimum absolute atomic E-state index is 0.147. The molecule has 2 heteroatoms. The molecule has 12 heavy (non-hydrogen) atoms. The molecule has 0 unspecified atom stereocenters. The lowest BCUT2D eigenvalue weighted by Gasteiger charge is -2.45. The van der Waals surface area contributed by atoms with E-state index < -0.39 is 0 Å². The van der Waals surface area contributed by atoms with Gasteiger partial charge >= 0.3 is 0 Å². The zero-order valence-corrected chi connectivity index (χ0v) is 8.81. The van der Waals surface area contributed by atoms with Crippen molar-refractivity contribution in [3.63, 3.8) is 0 Å². The van der Waals surface area contributed by atoms with Crippen molar-refractivity contribution in [2.45, 2.75) is 52.9 Å². The summed E-state index contributed by atoms with van der Waals surface area (Å²) >= 11 is 0. The summed E-state index contributed by atoms with van der Waals surface area (Å²) < 4.78 is 11.5. The smallest absolute Gasteiger partial charge is 0.165 e. The number of hydrogen-bond acceptors (Lipinski definition) is 2. The average Bonchev–Trinajstić information content (AvgIpc) is 1.99. The van der Waals surface area contributed by atoms with Crippen LogP contribution in [0.5, 0.6) is 0 Å². The van der Waals surface area contributed by atoms with E-state index in [1.165, 1.54) is 0 Å². The van der Waals surface area contributed by atoms with E-state index in [1.807, 2.05) is 6.92 Å². The number of hydrogen-bond donors (Lipinski definition) is 0. The topological polar surface area (TPSA) is 18.5 Å². The van der Waals surface area contributed by atoms with Gasteiger partial charge in [0, 0.05) is 5.41 Å². The largest absolute Gasteiger partial charge is 0.350 e. The molecule has 2 atom stereocenters. The molecule has 0 N–H and O–H groups in total. The molecule has 1 rings (SSSR count). The first-order valence-corrected chi connectivity index (χ1v) is 4.71. The van der Waals surface area contributed by atoms with Gasteiger partial charge in [0.2, 0.25) is 0 Å². The minimum atomic E-state index is -0.352. The van der Waals surface area contributed by atoms with E-state index in [-0.39, 0.29) is 17.3 Å². The van der Waals surface area contributed by atoms with Gasteiger partial charge < -0.3 is 9.47 Å². The first-order valence-electron chi connectivity index (χ1n) is 4.71. The Morgan fingerprint density at radius 2 is 1.92 bits per heavy atom. The second-order valence-electron chi connectivity index (χ2n) is 4.52. The summed E-state index contributed by atoms with van der Waals surface area (Å²) in [6, 6.07) is 0. The van der Waals surface area contributed by atoms with E-state index in [0.29, 0.717) is 0 Å². The van der Waals surface area contributed by atoms with Crippen LogP contribution in [0.15, 0.2) is 0 Å². The third-order valence-corrected chi connectivity index (χ3v) is 2.92. The van der Waals surface area contributed by atoms with Crippen molar-refractivity contribution in [3.8, 4) is 0 Å². The van der Waals surface area contributed by atoms with Gasteiger partial charge in [-0.25, -0.2) is 0 Å². The van der Waals surface area contributed by atoms with E-state index in [4.69, 9.17) is 9.47 Å². The van der Waals surface area contributed by atoms with E-state index in [2.05, 4.69) is 27.7 Å². The minimum Gasteiger partial charge on any atom is -0.350 e. The van der Waals surface area contributed by atoms with Crippen molar-refractivity contribution in [3.05, 3.63) is 0 Å². The van der Waals surface area contributed by atoms with Gasteiger partial charge in [-0.15, -0.1) is 0 Å². The van der Waals surface area contributed by atoms with Crippen LogP contribution < -0.4 is 0 Å². The van der Waals surface area contributed by atoms with Crippen LogP contribution in [0, 0.1) is 5.41 Å². The Bertz CT molecular complexity index is 165. The third-order valence-electron chi connectivity index (χ3n) is 2.92. The quantitative estimate of drug-likeness (QED) is 0.605. The zero-order valence-electron chi connectivity index (χ0n) is 8.81. The lowest BCUT2D eigenvalue weighted by atomic mass is 9.87. The first kappa shape index (κ1) is 10.0. The van der Waals surface area contributed by atoms with E-state index in [1.54, 1.807) is 0 Å². The molecule has 1 saturated heterocycles. The van der Waals surface area contributed by atoms with Crippen LogP contribution in [0.2, 0.25) is 0 Å². The highest BCUT2D eigenvalue weighted by Gasteiger charge is 2.40. The molecule has 0 amide bonds. The van der Waals surface area contributed by atoms with Crippen molar-refractivity contribution in [1.82, 2.24) is 0 Å². The summed E-state index contributed by atoms with van der Waals surface area (Å²) in [7, 11) is 0. The summed E-state index contributed by atoms with van der Waals surface area (Å²) in [5, 5.41) is 0. The van der Waals surface area contributed by atoms with Crippen LogP contribution in [0.1, 0.15) is 41.0 Å². The molecule has 0 aromatic heterocycles. The maximum absolute atomic E-state index is 5.82. The fourth-order valence-electron chi connectivity index (χ4n) is 1.21. The van der Waals surface area contributed by atoms with Crippen molar-refractivity contribution < 1.29 is 9.47 Å². The monoisotopic (exact) mass is 172 g/mol. The predicted octanol–water partition coefficient (Wildman–Crippen LogP) is 2.57. The molecule has 1 aliphatic heterocycles. The third kappa shape index (κ3) is 1.80. The van der Waals surface area contributed by atoms with Crippen LogP contribution in [0.25, 0.3) is 0 Å². The van der Waals surface area contributed by atoms with Crippen LogP contribution in [-0.2, 0) is 9.47 Å². The molecule has 0 saturated carbocycles. The highest BCUT2D eigenvalue weighted by atomic mass is 16.7. The normalized spacial score (nSPS) is 41.2. The van der Waals surface area contributed by atoms with Crippen molar-refractivity contribution in [2.75, 3.05) is 6.61 Å². The Kier molecular flexibility index (Phi) is 2.50. The Hall–Kier alpha value is -0.0800. The van der Waals surface area contributed by atoms with Gasteiger partial charge in [0.1, 0.15) is 0 Å². The highest BCUT2D eigenvalue weighted by molar-refractivity contribution is 4.82. The lowest BCUT2D eigenvalue weighted by Crippen LogP contribution is -2.50. The molecule has 2 nitrogen and oxygen atoms in total. The lowest BCUT2D eigenvalue weighted by molar-refractivity contribution is -0.317. The zero-order chi connectivity index (χ0) is 9.41. The summed E-state index contributed by atoms with van der Waals surface area (Å²) in [4.78, 5) is 0. The first-order chi connectivity index (χ1) is 5.40. The number of ether oxygens (including phenoxy) is 2. The van der Waals surface area contributed by atoms with Crippen LogP contribution in [-0.4, -0.2) is 18.5 Å². The van der Waals surface area contributed by atoms with E-state index in [0.717, 1.165) is 13.0 Å². The fraction of sp³-hybridized carbons (Fsp3) is 1.00. The maximum atomic E-state index is 5.82. The molecule has 72 valence electrons. The van der Waals surface area contributed by atoms with Gasteiger partial charge in [-0.2, -0.15) is 0 Å². The Balaban J connectivity index is 2.63. The molecule has 1 fully saturated rings. The Morgan fingerprint density at radius 1 is 1.33 bits per heavy atom. The maximum Gasteiger partial charge on any atom is 0.165 e. The van der Waals surface area contributed by atoms with Crippen molar-refractivity contribution in [1.29, 1.82) is 0 Å². The summed E-state index contributed by atoms with van der Waals surface area (Å²) in [5.41, 5.74) is 0.147. The molecule has 1 heterocycles. The van der Waals surface area contributed by atoms with Crippen LogP contribution in [0.4, 0.5) is 0 Å². The number of rotatable bonds is 1. The predicted molar refractivity (Wildman–Crippen MR) is 49.0 cm³/mol. The second kappa shape index (κ2) is 3.00. The van der Waals surface area contributed by atoms with Gasteiger partial charge in [-0.3, -0.25) is 0 Å². The summed E-state index contributed by atoms with van der Waals surface area (Å²) in [5.74, 6) is -0.352. The van der Waals surface area contributed by atoms with Gasteiger partial charge in [0.15, 0.2) is 5.79 Å². The summed E-state index contributed by atoms with van der Waals surface area (Å²) in [6.45, 7) is 11.4. The molecule has 0 radical (unpaired) electrons. The van der Waals surface area contributed by atoms with Gasteiger partial charge in [-0.1, -0.05) is 20.8 Å². The van der Waals surface area contributed by atoms with Gasteiger partial charge in [0.05, 0.1) is 12.7 Å². The van der Waals surface area contributed by atoms with Crippen molar-refractivity contribution in [2.24, 2.45) is 5.41 Å². The van der Waals surface area contributed by atoms with Crippen LogP contribution in [0.3, 0.4) is 0 Å². The standard InChI is InChI=1S/C10H20O2/c1-6-10(5)11-7-9(3,4)8(2)12-10/h8H,6-7H2,1-5H3/t8-,10-/m1/s1. The second-order valence-corrected chi connectivity index (χ2v) is 4.52. The Labute approximate surface area is 75.2 Å². The molecular formula is C10H20O2. The molecule has 0 aliphatic carbocycles. The SMILES string of the molecule is CC[C@]1(C)OCC(C)(C)[C@@H](C)O1. The molecule has 0 spiro atoms. The molecule has 0 bridgehead atoms. The van der Waals surface area contributed by atoms with E-state index >= 15 is 0 Å². The van der Waals surface area contributed by atoms with Crippen molar-refractivity contribution >= 4 is 0 Å². The fourth-order valence-corrected chi connectivity index (χ4v) is 1.21. The average molecular weight is 172 g/mol. The molecule has 1 aliphatic rings. The Morgan fingerprint density at radius 3 is 2.33 bits per heavy atom. The van der Waals surface area contributed by atoms with E-state index in [9.17, 15) is 0 Å².